The predicted octanol–water partition coefficient (Wildman–Crippen LogP) is 0.0356. The number of amides is 3. The van der Waals surface area contributed by atoms with Crippen LogP contribution in [0.25, 0.3) is 22.1 Å². The third-order valence-corrected chi connectivity index (χ3v) is 11.0. The molecule has 0 unspecified atom stereocenters. The number of esters is 5. The highest BCUT2D eigenvalue weighted by Crippen LogP contribution is 2.19. The molecule has 1 aromatic carbocycles. The fourth-order valence-corrected chi connectivity index (χ4v) is 7.40. The summed E-state index contributed by atoms with van der Waals surface area (Å²) in [6, 6.07) is 5.31. The first-order valence-corrected chi connectivity index (χ1v) is 23.5. The van der Waals surface area contributed by atoms with Crippen LogP contribution in [0.2, 0.25) is 0 Å². The van der Waals surface area contributed by atoms with Crippen molar-refractivity contribution in [3.63, 3.8) is 0 Å². The SMILES string of the molecule is CCOC(=O)CC[C@H](NC(=O)CN1CCNCCN(CC(=O)N[C@@H](CCC(=O)OCC)C(=O)OCC)CCN(CC(=O)NCc2ccc3c(=O)c4cc(C(=O)OC)ccc4oc3n2)CC1)C(=O)OCC. The summed E-state index contributed by atoms with van der Waals surface area (Å²) in [4.78, 5) is 126. The average Bonchev–Trinajstić information content (AvgIpc) is 3.33. The Morgan fingerprint density at radius 1 is 0.657 bits per heavy atom. The first-order valence-electron chi connectivity index (χ1n) is 23.5. The Morgan fingerprint density at radius 3 is 1.66 bits per heavy atom. The molecular weight excluding hydrogens is 917 g/mol. The molecular formula is C47H66N8O15. The van der Waals surface area contributed by atoms with Gasteiger partial charge in [0.25, 0.3) is 0 Å². The average molecular weight is 983 g/mol. The number of benzene rings is 1. The number of nitrogens with zero attached hydrogens (tertiary/aromatic N) is 4. The van der Waals surface area contributed by atoms with Crippen molar-refractivity contribution in [2.24, 2.45) is 0 Å². The molecule has 70 heavy (non-hydrogen) atoms. The van der Waals surface area contributed by atoms with Crippen molar-refractivity contribution in [3.05, 3.63) is 51.8 Å². The fourth-order valence-electron chi connectivity index (χ4n) is 7.40. The maximum atomic E-state index is 13.6. The molecule has 0 spiro atoms. The second-order valence-electron chi connectivity index (χ2n) is 16.1. The van der Waals surface area contributed by atoms with Crippen LogP contribution in [0.3, 0.4) is 0 Å². The van der Waals surface area contributed by atoms with E-state index in [-0.39, 0.29) is 125 Å². The highest BCUT2D eigenvalue weighted by Gasteiger charge is 2.27. The van der Waals surface area contributed by atoms with Crippen LogP contribution in [-0.2, 0) is 63.8 Å². The van der Waals surface area contributed by atoms with Crippen molar-refractivity contribution in [1.29, 1.82) is 0 Å². The Balaban J connectivity index is 1.49. The number of aromatic nitrogens is 1. The molecule has 1 aliphatic heterocycles. The maximum absolute atomic E-state index is 13.6. The van der Waals surface area contributed by atoms with E-state index in [1.165, 1.54) is 31.4 Å². The molecule has 1 saturated heterocycles. The van der Waals surface area contributed by atoms with E-state index in [1.54, 1.807) is 33.8 Å². The van der Waals surface area contributed by atoms with Crippen LogP contribution in [-0.4, -0.2) is 185 Å². The van der Waals surface area contributed by atoms with Gasteiger partial charge >= 0.3 is 29.8 Å². The molecule has 0 radical (unpaired) electrons. The lowest BCUT2D eigenvalue weighted by molar-refractivity contribution is -0.150. The zero-order valence-electron chi connectivity index (χ0n) is 40.6. The minimum atomic E-state index is -1.08. The zero-order chi connectivity index (χ0) is 51.0. The number of rotatable bonds is 23. The molecule has 3 aromatic rings. The number of carbonyl (C=O) groups excluding carboxylic acids is 8. The summed E-state index contributed by atoms with van der Waals surface area (Å²) in [6.07, 6.45) is -0.238. The standard InChI is InChI=1S/C47H66N8O15/c1-6-66-41(59)16-13-35(46(63)68-8-3)51-39(57)29-53-20-18-48-19-21-54(30-40(58)52-36(47(64)69-9-4)14-17-42(60)67-7-2)23-25-55(24-22-53)28-38(56)49-27-32-11-12-33-43(61)34-26-31(45(62)65-5)10-15-37(34)70-44(33)50-32/h10-12,15,26,35-36,48H,6-9,13-14,16-25,27-30H2,1-5H3,(H,49,56)(H,51,57)(H,52,58)/t35-,36-/m0/s1. The predicted molar refractivity (Wildman–Crippen MR) is 252 cm³/mol. The summed E-state index contributed by atoms with van der Waals surface area (Å²) in [5.41, 5.74) is 0.447. The molecule has 4 N–H and O–H groups in total. The normalized spacial score (nSPS) is 15.0. The van der Waals surface area contributed by atoms with E-state index in [1.807, 2.05) is 14.7 Å². The Bertz CT molecular complexity index is 2270. The van der Waals surface area contributed by atoms with E-state index in [2.05, 4.69) is 26.3 Å². The monoisotopic (exact) mass is 982 g/mol. The Labute approximate surface area is 405 Å². The second kappa shape index (κ2) is 29.5. The van der Waals surface area contributed by atoms with Gasteiger partial charge in [0.2, 0.25) is 28.9 Å². The van der Waals surface area contributed by atoms with Gasteiger partial charge in [0.05, 0.1) is 81.7 Å². The van der Waals surface area contributed by atoms with E-state index < -0.39 is 59.2 Å². The molecule has 0 aliphatic carbocycles. The number of methoxy groups -OCH3 is 1. The second-order valence-corrected chi connectivity index (χ2v) is 16.1. The van der Waals surface area contributed by atoms with Crippen LogP contribution in [0, 0.1) is 0 Å². The Morgan fingerprint density at radius 2 is 1.16 bits per heavy atom. The highest BCUT2D eigenvalue weighted by molar-refractivity contribution is 5.96. The summed E-state index contributed by atoms with van der Waals surface area (Å²) >= 11 is 0. The van der Waals surface area contributed by atoms with Crippen LogP contribution in [0.4, 0.5) is 0 Å². The van der Waals surface area contributed by atoms with E-state index in [0.29, 0.717) is 45.0 Å². The molecule has 0 saturated carbocycles. The van der Waals surface area contributed by atoms with Gasteiger partial charge in [0.15, 0.2) is 0 Å². The minimum Gasteiger partial charge on any atom is -0.466 e. The van der Waals surface area contributed by atoms with Gasteiger partial charge in [-0.2, -0.15) is 0 Å². The molecule has 0 bridgehead atoms. The number of nitrogens with one attached hydrogen (secondary N) is 4. The number of ether oxygens (including phenoxy) is 5. The van der Waals surface area contributed by atoms with Gasteiger partial charge in [-0.05, 0) is 70.9 Å². The van der Waals surface area contributed by atoms with E-state index in [9.17, 15) is 43.2 Å². The fraction of sp³-hybridized carbons (Fsp3) is 0.574. The molecule has 3 amide bonds. The lowest BCUT2D eigenvalue weighted by Gasteiger charge is -2.31. The van der Waals surface area contributed by atoms with Crippen molar-refractivity contribution in [2.45, 2.75) is 72.0 Å². The molecule has 2 atom stereocenters. The van der Waals surface area contributed by atoms with Gasteiger partial charge in [-0.3, -0.25) is 43.5 Å². The summed E-state index contributed by atoms with van der Waals surface area (Å²) < 4.78 is 31.0. The lowest BCUT2D eigenvalue weighted by atomic mass is 10.1. The van der Waals surface area contributed by atoms with Crippen LogP contribution in [0.15, 0.2) is 39.5 Å². The van der Waals surface area contributed by atoms with Crippen LogP contribution in [0.1, 0.15) is 69.4 Å². The summed E-state index contributed by atoms with van der Waals surface area (Å²) in [6.45, 7) is 9.55. The molecule has 1 fully saturated rings. The molecule has 3 heterocycles. The topological polar surface area (TPSA) is 284 Å². The van der Waals surface area contributed by atoms with Gasteiger partial charge in [-0.1, -0.05) is 0 Å². The van der Waals surface area contributed by atoms with Crippen LogP contribution >= 0.6 is 0 Å². The van der Waals surface area contributed by atoms with Crippen molar-refractivity contribution < 1.29 is 66.5 Å². The molecule has 23 heteroatoms. The first-order chi connectivity index (χ1) is 33.7. The van der Waals surface area contributed by atoms with Gasteiger partial charge < -0.3 is 49.4 Å². The van der Waals surface area contributed by atoms with Crippen molar-refractivity contribution in [3.8, 4) is 0 Å². The van der Waals surface area contributed by atoms with Crippen molar-refractivity contribution >= 4 is 69.6 Å². The van der Waals surface area contributed by atoms with Gasteiger partial charge in [0, 0.05) is 65.2 Å². The number of hydrogen-bond donors (Lipinski definition) is 4. The third-order valence-electron chi connectivity index (χ3n) is 11.0. The first kappa shape index (κ1) is 56.0. The molecule has 2 aromatic heterocycles. The summed E-state index contributed by atoms with van der Waals surface area (Å²) in [5, 5.41) is 12.0. The summed E-state index contributed by atoms with van der Waals surface area (Å²) in [5.74, 6) is -4.30. The van der Waals surface area contributed by atoms with Gasteiger partial charge in [0.1, 0.15) is 17.7 Å². The zero-order valence-corrected chi connectivity index (χ0v) is 40.6. The Kier molecular flexibility index (Phi) is 23.6. The molecule has 1 aliphatic rings. The van der Waals surface area contributed by atoms with Gasteiger partial charge in [-0.15, -0.1) is 0 Å². The third kappa shape index (κ3) is 18.4. The van der Waals surface area contributed by atoms with Crippen LogP contribution < -0.4 is 26.7 Å². The van der Waals surface area contributed by atoms with Gasteiger partial charge in [-0.25, -0.2) is 19.4 Å². The maximum Gasteiger partial charge on any atom is 0.337 e. The van der Waals surface area contributed by atoms with Crippen molar-refractivity contribution in [1.82, 2.24) is 41.0 Å². The number of hydrogen-bond acceptors (Lipinski definition) is 20. The number of carbonyl (C=O) groups is 8. The smallest absolute Gasteiger partial charge is 0.337 e. The minimum absolute atomic E-state index is 0.0151. The molecule has 384 valence electrons. The Hall–Kier alpha value is -6.56. The highest BCUT2D eigenvalue weighted by atomic mass is 16.5. The lowest BCUT2D eigenvalue weighted by Crippen LogP contribution is -2.51. The molecule has 4 rings (SSSR count). The van der Waals surface area contributed by atoms with E-state index in [4.69, 9.17) is 28.1 Å². The van der Waals surface area contributed by atoms with Crippen molar-refractivity contribution in [2.75, 3.05) is 106 Å². The number of fused-ring (bicyclic) bond motifs is 2. The van der Waals surface area contributed by atoms with Crippen LogP contribution in [0.5, 0.6) is 0 Å². The van der Waals surface area contributed by atoms with E-state index >= 15 is 0 Å². The largest absolute Gasteiger partial charge is 0.466 e. The quantitative estimate of drug-likeness (QED) is 0.0554. The molecule has 23 nitrogen and oxygen atoms in total. The number of pyridine rings is 1. The summed E-state index contributed by atoms with van der Waals surface area (Å²) in [7, 11) is 1.24. The van der Waals surface area contributed by atoms with E-state index in [0.717, 1.165) is 0 Å².